The normalized spacial score (nSPS) is 20.2. The number of rotatable bonds is 3. The number of ether oxygens (including phenoxy) is 1. The van der Waals surface area contributed by atoms with Crippen molar-refractivity contribution in [3.05, 3.63) is 35.4 Å². The van der Waals surface area contributed by atoms with E-state index in [-0.39, 0.29) is 25.3 Å². The van der Waals surface area contributed by atoms with Gasteiger partial charge in [0.05, 0.1) is 18.7 Å². The van der Waals surface area contributed by atoms with E-state index in [2.05, 4.69) is 0 Å². The number of carboxylic acid groups (broad SMARTS) is 1. The van der Waals surface area contributed by atoms with Crippen LogP contribution in [0.1, 0.15) is 17.3 Å². The largest absolute Gasteiger partial charge is 0.479 e. The molecule has 0 bridgehead atoms. The lowest BCUT2D eigenvalue weighted by Gasteiger charge is -2.31. The zero-order chi connectivity index (χ0) is 17.2. The molecule has 1 amide bonds. The van der Waals surface area contributed by atoms with Crippen molar-refractivity contribution in [1.29, 1.82) is 0 Å². The van der Waals surface area contributed by atoms with Gasteiger partial charge in [0.1, 0.15) is 0 Å². The van der Waals surface area contributed by atoms with Crippen molar-refractivity contribution in [1.82, 2.24) is 4.90 Å². The Labute approximate surface area is 128 Å². The van der Waals surface area contributed by atoms with E-state index in [0.717, 1.165) is 17.0 Å². The Kier molecular flexibility index (Phi) is 4.88. The molecule has 2 atom stereocenters. The lowest BCUT2D eigenvalue weighted by Crippen LogP contribution is -2.49. The summed E-state index contributed by atoms with van der Waals surface area (Å²) in [5, 5.41) is 8.84. The van der Waals surface area contributed by atoms with Gasteiger partial charge in [-0.3, -0.25) is 4.79 Å². The number of nitrogens with zero attached hydrogens (tertiary/aromatic N) is 1. The Morgan fingerprint density at radius 1 is 1.26 bits per heavy atom. The number of carbonyl (C=O) groups excluding carboxylic acids is 1. The molecule has 1 aliphatic heterocycles. The highest BCUT2D eigenvalue weighted by molar-refractivity contribution is 5.83. The van der Waals surface area contributed by atoms with Gasteiger partial charge in [-0.25, -0.2) is 9.18 Å². The number of benzene rings is 1. The molecule has 1 N–H and O–H groups in total. The third kappa shape index (κ3) is 3.98. The first-order valence-electron chi connectivity index (χ1n) is 6.64. The molecule has 1 fully saturated rings. The van der Waals surface area contributed by atoms with Crippen LogP contribution in [0, 0.1) is 0 Å². The van der Waals surface area contributed by atoms with Crippen molar-refractivity contribution in [2.24, 2.45) is 0 Å². The molecule has 2 unspecified atom stereocenters. The number of hydrogen-bond acceptors (Lipinski definition) is 3. The van der Waals surface area contributed by atoms with E-state index in [4.69, 9.17) is 9.84 Å². The second-order valence-corrected chi connectivity index (χ2v) is 4.96. The predicted molar refractivity (Wildman–Crippen MR) is 69.2 cm³/mol. The SMILES string of the molecule is O=C(O)C1CN(C(=O)C(F)c2ccc(C(F)(F)F)cc2)CCO1. The Morgan fingerprint density at radius 3 is 2.39 bits per heavy atom. The molecular weight excluding hydrogens is 322 g/mol. The van der Waals surface area contributed by atoms with Gasteiger partial charge in [0.15, 0.2) is 6.10 Å². The van der Waals surface area contributed by atoms with Crippen LogP contribution >= 0.6 is 0 Å². The van der Waals surface area contributed by atoms with Crippen LogP contribution < -0.4 is 0 Å². The molecule has 0 aromatic heterocycles. The first kappa shape index (κ1) is 17.2. The van der Waals surface area contributed by atoms with Crippen molar-refractivity contribution in [2.45, 2.75) is 18.5 Å². The van der Waals surface area contributed by atoms with Crippen molar-refractivity contribution < 1.29 is 37.0 Å². The molecule has 0 saturated carbocycles. The highest BCUT2D eigenvalue weighted by Crippen LogP contribution is 2.31. The molecule has 1 aliphatic rings. The van der Waals surface area contributed by atoms with Gasteiger partial charge in [-0.2, -0.15) is 13.2 Å². The van der Waals surface area contributed by atoms with Gasteiger partial charge in [0, 0.05) is 6.54 Å². The first-order valence-corrected chi connectivity index (χ1v) is 6.64. The first-order chi connectivity index (χ1) is 10.7. The summed E-state index contributed by atoms with van der Waals surface area (Å²) in [7, 11) is 0. The van der Waals surface area contributed by atoms with Crippen LogP contribution in [-0.4, -0.2) is 47.7 Å². The molecule has 0 radical (unpaired) electrons. The van der Waals surface area contributed by atoms with E-state index >= 15 is 0 Å². The van der Waals surface area contributed by atoms with Gasteiger partial charge < -0.3 is 14.7 Å². The minimum atomic E-state index is -4.55. The smallest absolute Gasteiger partial charge is 0.416 e. The number of amides is 1. The summed E-state index contributed by atoms with van der Waals surface area (Å²) >= 11 is 0. The van der Waals surface area contributed by atoms with Crippen molar-refractivity contribution in [2.75, 3.05) is 19.7 Å². The summed E-state index contributed by atoms with van der Waals surface area (Å²) < 4.78 is 56.5. The quantitative estimate of drug-likeness (QED) is 0.859. The van der Waals surface area contributed by atoms with E-state index < -0.39 is 35.9 Å². The maximum Gasteiger partial charge on any atom is 0.416 e. The number of carbonyl (C=O) groups is 2. The fraction of sp³-hybridized carbons (Fsp3) is 0.429. The summed E-state index contributed by atoms with van der Waals surface area (Å²) in [6, 6.07) is 3.16. The summed E-state index contributed by atoms with van der Waals surface area (Å²) in [5.74, 6) is -2.27. The lowest BCUT2D eigenvalue weighted by atomic mass is 10.1. The maximum atomic E-state index is 14.2. The summed E-state index contributed by atoms with van der Waals surface area (Å²) in [4.78, 5) is 23.8. The van der Waals surface area contributed by atoms with Gasteiger partial charge in [-0.1, -0.05) is 12.1 Å². The summed E-state index contributed by atoms with van der Waals surface area (Å²) in [6.45, 7) is -0.346. The van der Waals surface area contributed by atoms with Crippen LogP contribution in [0.15, 0.2) is 24.3 Å². The number of aliphatic carboxylic acids is 1. The summed E-state index contributed by atoms with van der Waals surface area (Å²) in [6.07, 6.45) is -7.95. The standard InChI is InChI=1S/C14H13F4NO4/c15-11(8-1-3-9(4-2-8)14(16,17)18)12(20)19-5-6-23-10(7-19)13(21)22/h1-4,10-11H,5-7H2,(H,21,22). The van der Waals surface area contributed by atoms with Crippen LogP contribution in [0.5, 0.6) is 0 Å². The predicted octanol–water partition coefficient (Wildman–Crippen LogP) is 2.03. The molecule has 1 aromatic rings. The molecular formula is C14H13F4NO4. The Morgan fingerprint density at radius 2 is 1.87 bits per heavy atom. The summed E-state index contributed by atoms with van der Waals surface area (Å²) in [5.41, 5.74) is -1.17. The van der Waals surface area contributed by atoms with Gasteiger partial charge in [0.25, 0.3) is 5.91 Å². The second-order valence-electron chi connectivity index (χ2n) is 4.96. The lowest BCUT2D eigenvalue weighted by molar-refractivity contribution is -0.161. The molecule has 5 nitrogen and oxygen atoms in total. The average Bonchev–Trinajstić information content (AvgIpc) is 2.53. The zero-order valence-corrected chi connectivity index (χ0v) is 11.7. The molecule has 23 heavy (non-hydrogen) atoms. The topological polar surface area (TPSA) is 66.8 Å². The van der Waals surface area contributed by atoms with Crippen LogP contribution in [0.25, 0.3) is 0 Å². The molecule has 0 aliphatic carbocycles. The van der Waals surface area contributed by atoms with Crippen molar-refractivity contribution in [3.63, 3.8) is 0 Å². The van der Waals surface area contributed by atoms with E-state index in [1.54, 1.807) is 0 Å². The fourth-order valence-corrected chi connectivity index (χ4v) is 2.14. The van der Waals surface area contributed by atoms with Crippen LogP contribution in [-0.2, 0) is 20.5 Å². The van der Waals surface area contributed by atoms with Gasteiger partial charge in [-0.05, 0) is 17.7 Å². The molecule has 126 valence electrons. The number of carboxylic acids is 1. The van der Waals surface area contributed by atoms with Crippen molar-refractivity contribution in [3.8, 4) is 0 Å². The molecule has 0 spiro atoms. The maximum absolute atomic E-state index is 14.2. The molecule has 2 rings (SSSR count). The van der Waals surface area contributed by atoms with Gasteiger partial charge in [0.2, 0.25) is 6.17 Å². The monoisotopic (exact) mass is 335 g/mol. The van der Waals surface area contributed by atoms with Gasteiger partial charge >= 0.3 is 12.1 Å². The molecule has 1 saturated heterocycles. The highest BCUT2D eigenvalue weighted by Gasteiger charge is 2.34. The molecule has 1 aromatic carbocycles. The van der Waals surface area contributed by atoms with E-state index in [1.165, 1.54) is 0 Å². The fourth-order valence-electron chi connectivity index (χ4n) is 2.14. The Balaban J connectivity index is 2.08. The number of halogens is 4. The molecule has 9 heteroatoms. The van der Waals surface area contributed by atoms with Crippen LogP contribution in [0.2, 0.25) is 0 Å². The third-order valence-corrected chi connectivity index (χ3v) is 3.40. The van der Waals surface area contributed by atoms with E-state index in [9.17, 15) is 27.2 Å². The second kappa shape index (κ2) is 6.53. The Hall–Kier alpha value is -2.16. The van der Waals surface area contributed by atoms with E-state index in [0.29, 0.717) is 12.1 Å². The van der Waals surface area contributed by atoms with E-state index in [1.807, 2.05) is 0 Å². The highest BCUT2D eigenvalue weighted by atomic mass is 19.4. The van der Waals surface area contributed by atoms with Gasteiger partial charge in [-0.15, -0.1) is 0 Å². The number of alkyl halides is 4. The van der Waals surface area contributed by atoms with Crippen LogP contribution in [0.3, 0.4) is 0 Å². The van der Waals surface area contributed by atoms with Crippen molar-refractivity contribution >= 4 is 11.9 Å². The van der Waals surface area contributed by atoms with Crippen LogP contribution in [0.4, 0.5) is 17.6 Å². The average molecular weight is 335 g/mol. The zero-order valence-electron chi connectivity index (χ0n) is 11.7. The minimum absolute atomic E-state index is 0.0175. The number of hydrogen-bond donors (Lipinski definition) is 1. The number of morpholine rings is 1. The third-order valence-electron chi connectivity index (χ3n) is 3.40. The Bertz CT molecular complexity index is 587. The molecule has 1 heterocycles. The minimum Gasteiger partial charge on any atom is -0.479 e.